The van der Waals surface area contributed by atoms with Crippen molar-refractivity contribution in [3.8, 4) is 5.75 Å². The van der Waals surface area contributed by atoms with Crippen LogP contribution in [0.25, 0.3) is 0 Å². The smallest absolute Gasteiger partial charge is 0.251 e. The van der Waals surface area contributed by atoms with Gasteiger partial charge in [0.05, 0.1) is 12.6 Å². The van der Waals surface area contributed by atoms with E-state index in [1.807, 2.05) is 45.3 Å². The number of hydrogen-bond donors (Lipinski definition) is 1. The quantitative estimate of drug-likeness (QED) is 0.549. The maximum Gasteiger partial charge on any atom is 0.251 e. The predicted octanol–water partition coefficient (Wildman–Crippen LogP) is 4.68. The molecule has 3 aromatic carbocycles. The molecule has 0 aliphatic carbocycles. The average Bonchev–Trinajstić information content (AvgIpc) is 2.85. The van der Waals surface area contributed by atoms with Crippen LogP contribution < -0.4 is 15.0 Å². The van der Waals surface area contributed by atoms with E-state index in [1.165, 1.54) is 22.4 Å². The summed E-state index contributed by atoms with van der Waals surface area (Å²) in [5.74, 6) is 0.713. The van der Waals surface area contributed by atoms with Crippen LogP contribution in [0, 0.1) is 0 Å². The summed E-state index contributed by atoms with van der Waals surface area (Å²) in [6.07, 6.45) is 1.02. The van der Waals surface area contributed by atoms with Gasteiger partial charge >= 0.3 is 0 Å². The van der Waals surface area contributed by atoms with Crippen LogP contribution in [0.5, 0.6) is 5.75 Å². The Kier molecular flexibility index (Phi) is 7.30. The van der Waals surface area contributed by atoms with Gasteiger partial charge in [0.15, 0.2) is 0 Å². The maximum atomic E-state index is 12.9. The number of ether oxygens (including phenoxy) is 1. The first-order valence-electron chi connectivity index (χ1n) is 11.6. The zero-order chi connectivity index (χ0) is 23.2. The summed E-state index contributed by atoms with van der Waals surface area (Å²) < 4.78 is 5.49. The summed E-state index contributed by atoms with van der Waals surface area (Å²) >= 11 is 0. The third kappa shape index (κ3) is 5.55. The molecule has 33 heavy (non-hydrogen) atoms. The molecule has 0 unspecified atom stereocenters. The van der Waals surface area contributed by atoms with E-state index in [1.54, 1.807) is 0 Å². The number of fused-ring (bicyclic) bond motifs is 1. The second-order valence-electron chi connectivity index (χ2n) is 8.66. The lowest BCUT2D eigenvalue weighted by Gasteiger charge is -2.36. The van der Waals surface area contributed by atoms with E-state index in [4.69, 9.17) is 4.74 Å². The van der Waals surface area contributed by atoms with Gasteiger partial charge in [-0.05, 0) is 66.4 Å². The molecule has 0 saturated carbocycles. The molecule has 1 heterocycles. The highest BCUT2D eigenvalue weighted by Gasteiger charge is 2.25. The van der Waals surface area contributed by atoms with Crippen LogP contribution in [0.15, 0.2) is 72.8 Å². The number of benzene rings is 3. The number of amides is 1. The van der Waals surface area contributed by atoms with Crippen molar-refractivity contribution in [2.75, 3.05) is 38.7 Å². The number of hydrogen-bond acceptors (Lipinski definition) is 4. The molecule has 172 valence electrons. The molecule has 0 spiro atoms. The van der Waals surface area contributed by atoms with Crippen LogP contribution in [0.4, 0.5) is 5.69 Å². The molecule has 0 radical (unpaired) electrons. The van der Waals surface area contributed by atoms with Crippen LogP contribution in [0.1, 0.15) is 40.0 Å². The molecule has 0 saturated heterocycles. The van der Waals surface area contributed by atoms with Gasteiger partial charge in [-0.1, -0.05) is 36.4 Å². The van der Waals surface area contributed by atoms with E-state index in [-0.39, 0.29) is 11.9 Å². The molecule has 5 heteroatoms. The Morgan fingerprint density at radius 1 is 1.00 bits per heavy atom. The Bertz CT molecular complexity index is 1060. The number of carbonyl (C=O) groups is 1. The van der Waals surface area contributed by atoms with E-state index in [2.05, 4.69) is 63.6 Å². The fraction of sp³-hybridized carbons (Fsp3) is 0.321. The highest BCUT2D eigenvalue weighted by molar-refractivity contribution is 5.94. The molecule has 0 fully saturated rings. The van der Waals surface area contributed by atoms with Crippen molar-refractivity contribution >= 4 is 11.6 Å². The maximum absolute atomic E-state index is 12.9. The lowest BCUT2D eigenvalue weighted by atomic mass is 9.96. The fourth-order valence-corrected chi connectivity index (χ4v) is 4.40. The number of carbonyl (C=O) groups excluding carboxylic acids is 1. The summed E-state index contributed by atoms with van der Waals surface area (Å²) in [5, 5.41) is 3.18. The van der Waals surface area contributed by atoms with Gasteiger partial charge in [0.2, 0.25) is 0 Å². The van der Waals surface area contributed by atoms with Gasteiger partial charge in [0.1, 0.15) is 5.75 Å². The fourth-order valence-electron chi connectivity index (χ4n) is 4.40. The lowest BCUT2D eigenvalue weighted by Crippen LogP contribution is -2.40. The normalized spacial score (nSPS) is 14.3. The number of rotatable bonds is 8. The lowest BCUT2D eigenvalue weighted by molar-refractivity contribution is 0.0927. The van der Waals surface area contributed by atoms with E-state index < -0.39 is 0 Å². The van der Waals surface area contributed by atoms with Crippen LogP contribution >= 0.6 is 0 Å². The molecular weight excluding hydrogens is 410 g/mol. The SMILES string of the molecule is CCOc1ccc(C(=O)NC[C@@H](c2ccc(N(C)C)cc2)N2CCc3ccccc3C2)cc1. The van der Waals surface area contributed by atoms with Gasteiger partial charge in [-0.3, -0.25) is 9.69 Å². The minimum Gasteiger partial charge on any atom is -0.494 e. The number of anilines is 1. The molecule has 1 aliphatic rings. The summed E-state index contributed by atoms with van der Waals surface area (Å²) in [7, 11) is 4.09. The van der Waals surface area contributed by atoms with E-state index in [9.17, 15) is 4.79 Å². The minimum atomic E-state index is -0.0645. The monoisotopic (exact) mass is 443 g/mol. The van der Waals surface area contributed by atoms with E-state index >= 15 is 0 Å². The second kappa shape index (κ2) is 10.5. The van der Waals surface area contributed by atoms with Crippen LogP contribution in [0.3, 0.4) is 0 Å². The van der Waals surface area contributed by atoms with Gasteiger partial charge < -0.3 is 15.0 Å². The predicted molar refractivity (Wildman–Crippen MR) is 134 cm³/mol. The summed E-state index contributed by atoms with van der Waals surface area (Å²) in [4.78, 5) is 17.5. The zero-order valence-corrected chi connectivity index (χ0v) is 19.8. The standard InChI is InChI=1S/C28H33N3O2/c1-4-33-26-15-11-23(12-16-26)28(32)29-19-27(22-9-13-25(14-10-22)30(2)3)31-18-17-21-7-5-6-8-24(21)20-31/h5-16,27H,4,17-20H2,1-3H3,(H,29,32)/t27-/m0/s1. The van der Waals surface area contributed by atoms with Crippen LogP contribution in [-0.4, -0.2) is 44.6 Å². The molecule has 1 amide bonds. The van der Waals surface area contributed by atoms with Gasteiger partial charge in [-0.2, -0.15) is 0 Å². The first-order valence-corrected chi connectivity index (χ1v) is 11.6. The first-order chi connectivity index (χ1) is 16.0. The van der Waals surface area contributed by atoms with Crippen molar-refractivity contribution < 1.29 is 9.53 Å². The second-order valence-corrected chi connectivity index (χ2v) is 8.66. The van der Waals surface area contributed by atoms with Gasteiger partial charge in [-0.15, -0.1) is 0 Å². The third-order valence-corrected chi connectivity index (χ3v) is 6.28. The summed E-state index contributed by atoms with van der Waals surface area (Å²) in [5.41, 5.74) is 5.82. The van der Waals surface area contributed by atoms with E-state index in [0.717, 1.165) is 25.3 Å². The van der Waals surface area contributed by atoms with Gasteiger partial charge in [-0.25, -0.2) is 0 Å². The van der Waals surface area contributed by atoms with Crippen molar-refractivity contribution in [3.05, 3.63) is 95.1 Å². The molecule has 1 N–H and O–H groups in total. The molecule has 0 aromatic heterocycles. The third-order valence-electron chi connectivity index (χ3n) is 6.28. The summed E-state index contributed by atoms with van der Waals surface area (Å²) in [6, 6.07) is 24.7. The molecule has 1 atom stereocenters. The van der Waals surface area contributed by atoms with Crippen molar-refractivity contribution in [1.82, 2.24) is 10.2 Å². The van der Waals surface area contributed by atoms with Crippen molar-refractivity contribution in [1.29, 1.82) is 0 Å². The largest absolute Gasteiger partial charge is 0.494 e. The zero-order valence-electron chi connectivity index (χ0n) is 19.8. The van der Waals surface area contributed by atoms with Crippen molar-refractivity contribution in [2.45, 2.75) is 25.9 Å². The Morgan fingerprint density at radius 2 is 1.70 bits per heavy atom. The van der Waals surface area contributed by atoms with Crippen LogP contribution in [0.2, 0.25) is 0 Å². The molecule has 3 aromatic rings. The Hall–Kier alpha value is -3.31. The number of nitrogens with zero attached hydrogens (tertiary/aromatic N) is 2. The first kappa shape index (κ1) is 22.9. The Balaban J connectivity index is 1.52. The highest BCUT2D eigenvalue weighted by Crippen LogP contribution is 2.29. The molecule has 1 aliphatic heterocycles. The highest BCUT2D eigenvalue weighted by atomic mass is 16.5. The van der Waals surface area contributed by atoms with E-state index in [0.29, 0.717) is 18.7 Å². The minimum absolute atomic E-state index is 0.0645. The molecule has 4 rings (SSSR count). The Labute approximate surface area is 197 Å². The average molecular weight is 444 g/mol. The van der Waals surface area contributed by atoms with Crippen LogP contribution in [-0.2, 0) is 13.0 Å². The number of nitrogens with one attached hydrogen (secondary N) is 1. The van der Waals surface area contributed by atoms with Gasteiger partial charge in [0.25, 0.3) is 5.91 Å². The van der Waals surface area contributed by atoms with Crippen molar-refractivity contribution in [3.63, 3.8) is 0 Å². The molecule has 5 nitrogen and oxygen atoms in total. The molecule has 0 bridgehead atoms. The Morgan fingerprint density at radius 3 is 2.36 bits per heavy atom. The summed E-state index contributed by atoms with van der Waals surface area (Å²) in [6.45, 7) is 4.96. The van der Waals surface area contributed by atoms with Crippen molar-refractivity contribution in [2.24, 2.45) is 0 Å². The van der Waals surface area contributed by atoms with Gasteiger partial charge in [0, 0.05) is 45.0 Å². The topological polar surface area (TPSA) is 44.8 Å². The molecular formula is C28H33N3O2.